The molecule has 0 aliphatic rings. The zero-order chi connectivity index (χ0) is 15.2. The Kier molecular flexibility index (Phi) is 4.92. The lowest BCUT2D eigenvalue weighted by atomic mass is 10.1. The largest absolute Gasteiger partial charge is 0.390 e. The molecule has 0 saturated heterocycles. The van der Waals surface area contributed by atoms with Gasteiger partial charge < -0.3 is 4.84 Å². The molecule has 2 aromatic rings. The predicted octanol–water partition coefficient (Wildman–Crippen LogP) is 4.33. The molecular formula is C15H10F4NO. The predicted molar refractivity (Wildman–Crippen MR) is 69.1 cm³/mol. The monoisotopic (exact) mass is 296 g/mol. The first-order chi connectivity index (χ1) is 10.1. The summed E-state index contributed by atoms with van der Waals surface area (Å²) >= 11 is 0. The SMILES string of the molecule is Fc1cccc(CO/N=[C]\c2cccc(C(F)F)c2)c1F. The van der Waals surface area contributed by atoms with Gasteiger partial charge in [-0.25, -0.2) is 17.6 Å². The summed E-state index contributed by atoms with van der Waals surface area (Å²) in [7, 11) is 0. The van der Waals surface area contributed by atoms with E-state index in [4.69, 9.17) is 4.84 Å². The molecule has 0 fully saturated rings. The minimum Gasteiger partial charge on any atom is -0.390 e. The van der Waals surface area contributed by atoms with E-state index in [2.05, 4.69) is 11.4 Å². The Balaban J connectivity index is 1.97. The molecule has 0 spiro atoms. The van der Waals surface area contributed by atoms with Gasteiger partial charge in [-0.1, -0.05) is 35.5 Å². The number of alkyl halides is 2. The molecule has 0 amide bonds. The number of hydrogen-bond donors (Lipinski definition) is 0. The fourth-order valence-electron chi connectivity index (χ4n) is 1.59. The Morgan fingerprint density at radius 3 is 2.62 bits per heavy atom. The van der Waals surface area contributed by atoms with Crippen LogP contribution in [0.3, 0.4) is 0 Å². The van der Waals surface area contributed by atoms with Crippen LogP contribution in [0.1, 0.15) is 23.1 Å². The third-order valence-electron chi connectivity index (χ3n) is 2.63. The Labute approximate surface area is 118 Å². The van der Waals surface area contributed by atoms with E-state index < -0.39 is 18.1 Å². The number of nitrogens with zero attached hydrogens (tertiary/aromatic N) is 1. The Morgan fingerprint density at radius 2 is 1.86 bits per heavy atom. The summed E-state index contributed by atoms with van der Waals surface area (Å²) in [6.07, 6.45) is -0.191. The van der Waals surface area contributed by atoms with Crippen LogP contribution in [0, 0.1) is 11.6 Å². The van der Waals surface area contributed by atoms with Crippen molar-refractivity contribution in [2.24, 2.45) is 5.16 Å². The molecule has 0 bridgehead atoms. The van der Waals surface area contributed by atoms with Gasteiger partial charge in [0.25, 0.3) is 6.43 Å². The normalized spacial score (nSPS) is 11.3. The molecule has 0 heterocycles. The van der Waals surface area contributed by atoms with Crippen molar-refractivity contribution in [1.82, 2.24) is 0 Å². The molecule has 2 aromatic carbocycles. The third kappa shape index (κ3) is 4.05. The number of rotatable bonds is 5. The van der Waals surface area contributed by atoms with Crippen molar-refractivity contribution in [2.45, 2.75) is 13.0 Å². The molecule has 2 rings (SSSR count). The fraction of sp³-hybridized carbons (Fsp3) is 0.133. The van der Waals surface area contributed by atoms with Crippen LogP contribution in [-0.2, 0) is 11.4 Å². The Bertz CT molecular complexity index is 643. The lowest BCUT2D eigenvalue weighted by molar-refractivity contribution is 0.129. The molecule has 0 atom stereocenters. The van der Waals surface area contributed by atoms with Crippen molar-refractivity contribution in [1.29, 1.82) is 0 Å². The van der Waals surface area contributed by atoms with Crippen molar-refractivity contribution in [3.8, 4) is 0 Å². The molecule has 2 nitrogen and oxygen atoms in total. The smallest absolute Gasteiger partial charge is 0.263 e. The molecule has 0 aromatic heterocycles. The van der Waals surface area contributed by atoms with Gasteiger partial charge in [0.15, 0.2) is 11.6 Å². The average Bonchev–Trinajstić information content (AvgIpc) is 2.48. The van der Waals surface area contributed by atoms with Gasteiger partial charge in [0, 0.05) is 16.7 Å². The second-order valence-electron chi connectivity index (χ2n) is 4.12. The van der Waals surface area contributed by atoms with E-state index in [1.807, 2.05) is 0 Å². The van der Waals surface area contributed by atoms with Gasteiger partial charge in [-0.3, -0.25) is 0 Å². The van der Waals surface area contributed by atoms with Gasteiger partial charge >= 0.3 is 0 Å². The number of halogens is 4. The molecule has 109 valence electrons. The van der Waals surface area contributed by atoms with Crippen LogP contribution in [0.2, 0.25) is 0 Å². The molecule has 6 heteroatoms. The van der Waals surface area contributed by atoms with E-state index in [1.165, 1.54) is 36.4 Å². The molecule has 0 saturated carbocycles. The van der Waals surface area contributed by atoms with E-state index in [9.17, 15) is 17.6 Å². The number of hydrogen-bond acceptors (Lipinski definition) is 2. The van der Waals surface area contributed by atoms with Crippen molar-refractivity contribution < 1.29 is 22.4 Å². The molecule has 1 radical (unpaired) electrons. The van der Waals surface area contributed by atoms with E-state index in [-0.39, 0.29) is 17.7 Å². The van der Waals surface area contributed by atoms with Gasteiger partial charge in [0.1, 0.15) is 12.8 Å². The summed E-state index contributed by atoms with van der Waals surface area (Å²) < 4.78 is 51.2. The maximum atomic E-state index is 13.3. The summed E-state index contributed by atoms with van der Waals surface area (Å²) in [5.74, 6) is -1.99. The van der Waals surface area contributed by atoms with Crippen LogP contribution in [0.25, 0.3) is 0 Å². The van der Waals surface area contributed by atoms with Gasteiger partial charge in [0.2, 0.25) is 0 Å². The zero-order valence-electron chi connectivity index (χ0n) is 10.7. The highest BCUT2D eigenvalue weighted by Gasteiger charge is 2.08. The minimum absolute atomic E-state index is 0.00174. The summed E-state index contributed by atoms with van der Waals surface area (Å²) in [5, 5.41) is 3.42. The summed E-state index contributed by atoms with van der Waals surface area (Å²) in [6.45, 7) is -0.287. The van der Waals surface area contributed by atoms with Crippen molar-refractivity contribution >= 4 is 6.21 Å². The van der Waals surface area contributed by atoms with Crippen LogP contribution < -0.4 is 0 Å². The zero-order valence-corrected chi connectivity index (χ0v) is 10.7. The second-order valence-corrected chi connectivity index (χ2v) is 4.12. The highest BCUT2D eigenvalue weighted by molar-refractivity contribution is 5.79. The first-order valence-electron chi connectivity index (χ1n) is 5.97. The van der Waals surface area contributed by atoms with Crippen molar-refractivity contribution in [3.63, 3.8) is 0 Å². The molecule has 21 heavy (non-hydrogen) atoms. The quantitative estimate of drug-likeness (QED) is 0.457. The van der Waals surface area contributed by atoms with E-state index in [0.717, 1.165) is 6.07 Å². The fourth-order valence-corrected chi connectivity index (χ4v) is 1.59. The average molecular weight is 296 g/mol. The van der Waals surface area contributed by atoms with Crippen LogP contribution >= 0.6 is 0 Å². The van der Waals surface area contributed by atoms with Gasteiger partial charge in [0.05, 0.1) is 0 Å². The Hall–Kier alpha value is -2.37. The van der Waals surface area contributed by atoms with Crippen LogP contribution in [-0.4, -0.2) is 6.21 Å². The van der Waals surface area contributed by atoms with Crippen LogP contribution in [0.15, 0.2) is 47.6 Å². The highest BCUT2D eigenvalue weighted by atomic mass is 19.3. The first kappa shape index (κ1) is 15.0. The van der Waals surface area contributed by atoms with E-state index in [1.54, 1.807) is 0 Å². The third-order valence-corrected chi connectivity index (χ3v) is 2.63. The highest BCUT2D eigenvalue weighted by Crippen LogP contribution is 2.18. The standard InChI is InChI=1S/C15H10F4NO/c16-13-6-2-5-12(14(13)17)9-21-20-8-10-3-1-4-11(7-10)15(18)19/h1-7,15H,9H2. The maximum absolute atomic E-state index is 13.3. The maximum Gasteiger partial charge on any atom is 0.263 e. The summed E-state index contributed by atoms with van der Waals surface area (Å²) in [4.78, 5) is 4.78. The van der Waals surface area contributed by atoms with Crippen molar-refractivity contribution in [2.75, 3.05) is 0 Å². The number of benzene rings is 2. The molecular weight excluding hydrogens is 286 g/mol. The van der Waals surface area contributed by atoms with E-state index >= 15 is 0 Å². The Morgan fingerprint density at radius 1 is 1.10 bits per heavy atom. The molecule has 0 unspecified atom stereocenters. The summed E-state index contributed by atoms with van der Waals surface area (Å²) in [6, 6.07) is 9.12. The van der Waals surface area contributed by atoms with Gasteiger partial charge in [-0.15, -0.1) is 0 Å². The lowest BCUT2D eigenvalue weighted by Crippen LogP contribution is -1.95. The van der Waals surface area contributed by atoms with Gasteiger partial charge in [-0.2, -0.15) is 0 Å². The topological polar surface area (TPSA) is 21.6 Å². The van der Waals surface area contributed by atoms with Crippen LogP contribution in [0.4, 0.5) is 17.6 Å². The minimum atomic E-state index is -2.59. The second kappa shape index (κ2) is 6.88. The lowest BCUT2D eigenvalue weighted by Gasteiger charge is -2.02. The van der Waals surface area contributed by atoms with Crippen LogP contribution in [0.5, 0.6) is 0 Å². The van der Waals surface area contributed by atoms with Gasteiger partial charge in [-0.05, 0) is 12.1 Å². The first-order valence-corrected chi connectivity index (χ1v) is 5.97. The van der Waals surface area contributed by atoms with Crippen molar-refractivity contribution in [3.05, 3.63) is 70.8 Å². The molecule has 0 N–H and O–H groups in total. The molecule has 0 aliphatic carbocycles. The van der Waals surface area contributed by atoms with E-state index in [0.29, 0.717) is 5.56 Å². The summed E-state index contributed by atoms with van der Waals surface area (Å²) in [5.41, 5.74) is 0.140. The molecule has 0 aliphatic heterocycles.